The molecule has 0 heterocycles. The summed E-state index contributed by atoms with van der Waals surface area (Å²) in [5, 5.41) is 5.35. The average molecular weight is 387 g/mol. The van der Waals surface area contributed by atoms with E-state index in [0.717, 1.165) is 0 Å². The molecule has 6 N–H and O–H groups in total. The second-order valence-corrected chi connectivity index (χ2v) is 8.49. The minimum absolute atomic E-state index is 0.0438. The maximum atomic E-state index is 12.7. The van der Waals surface area contributed by atoms with Gasteiger partial charge in [-0.15, -0.1) is 0 Å². The highest BCUT2D eigenvalue weighted by Crippen LogP contribution is 2.11. The zero-order chi connectivity index (χ0) is 21.4. The van der Waals surface area contributed by atoms with Crippen molar-refractivity contribution in [3.63, 3.8) is 0 Å². The van der Waals surface area contributed by atoms with E-state index in [1.807, 2.05) is 48.5 Å². The summed E-state index contributed by atoms with van der Waals surface area (Å²) in [6.07, 6.45) is 1.10. The van der Waals surface area contributed by atoms with Gasteiger partial charge in [0.15, 0.2) is 0 Å². The fourth-order valence-corrected chi connectivity index (χ4v) is 2.38. The number of hydrogen-bond donors (Lipinski definition) is 4. The lowest BCUT2D eigenvalue weighted by molar-refractivity contribution is -0.133. The molecule has 8 nitrogen and oxygen atoms in total. The number of carbonyl (C=O) groups is 3. The van der Waals surface area contributed by atoms with E-state index in [4.69, 9.17) is 16.2 Å². The predicted octanol–water partition coefficient (Wildman–Crippen LogP) is 0.676. The van der Waals surface area contributed by atoms with Crippen molar-refractivity contribution in [3.05, 3.63) is 0 Å². The Morgan fingerprint density at radius 2 is 1.59 bits per heavy atom. The molecule has 4 atom stereocenters. The molecule has 0 bridgehead atoms. The molecule has 0 fully saturated rings. The first-order valence-corrected chi connectivity index (χ1v) is 9.58. The van der Waals surface area contributed by atoms with Crippen molar-refractivity contribution in [2.75, 3.05) is 6.61 Å². The van der Waals surface area contributed by atoms with Crippen LogP contribution in [-0.4, -0.2) is 48.1 Å². The molecule has 0 saturated heterocycles. The Morgan fingerprint density at radius 1 is 1.04 bits per heavy atom. The van der Waals surface area contributed by atoms with Gasteiger partial charge in [0.2, 0.25) is 17.7 Å². The van der Waals surface area contributed by atoms with Crippen LogP contribution in [0.15, 0.2) is 0 Å². The normalized spacial score (nSPS) is 16.3. The molecule has 158 valence electrons. The summed E-state index contributed by atoms with van der Waals surface area (Å²) in [7, 11) is 0. The third-order valence-electron chi connectivity index (χ3n) is 4.19. The summed E-state index contributed by atoms with van der Waals surface area (Å²) >= 11 is 0. The number of amides is 3. The molecule has 0 radical (unpaired) electrons. The summed E-state index contributed by atoms with van der Waals surface area (Å²) in [6.45, 7) is 13.3. The van der Waals surface area contributed by atoms with Gasteiger partial charge in [0.1, 0.15) is 18.1 Å². The van der Waals surface area contributed by atoms with Gasteiger partial charge in [0, 0.05) is 0 Å². The molecular formula is C19H38N4O4. The van der Waals surface area contributed by atoms with Crippen molar-refractivity contribution >= 4 is 17.7 Å². The summed E-state index contributed by atoms with van der Waals surface area (Å²) in [4.78, 5) is 36.7. The standard InChI is InChI=1S/C19H38N4O4/c1-8-12(4)15(16(21)24)23-18(26)14(9-11(2)3)22-17(25)13(20)10-27-19(5,6)7/h11-15H,8-10,20H2,1-7H3,(H2,21,24)(H,22,25)(H,23,26)/t12-,13-,14-,15-/m0/s1. The summed E-state index contributed by atoms with van der Waals surface area (Å²) in [5.74, 6) is -1.46. The number of ether oxygens (including phenoxy) is 1. The summed E-state index contributed by atoms with van der Waals surface area (Å²) < 4.78 is 5.53. The molecule has 0 aromatic rings. The number of primary amides is 1. The highest BCUT2D eigenvalue weighted by atomic mass is 16.5. The van der Waals surface area contributed by atoms with Crippen LogP contribution in [0.2, 0.25) is 0 Å². The number of nitrogens with one attached hydrogen (secondary N) is 2. The van der Waals surface area contributed by atoms with Crippen molar-refractivity contribution in [3.8, 4) is 0 Å². The van der Waals surface area contributed by atoms with Crippen LogP contribution in [0.5, 0.6) is 0 Å². The molecular weight excluding hydrogens is 348 g/mol. The number of hydrogen-bond acceptors (Lipinski definition) is 5. The Labute approximate surface area is 163 Å². The van der Waals surface area contributed by atoms with Gasteiger partial charge < -0.3 is 26.8 Å². The van der Waals surface area contributed by atoms with E-state index in [-0.39, 0.29) is 18.4 Å². The predicted molar refractivity (Wildman–Crippen MR) is 106 cm³/mol. The second-order valence-electron chi connectivity index (χ2n) is 8.49. The zero-order valence-electron chi connectivity index (χ0n) is 17.8. The Hall–Kier alpha value is -1.67. The molecule has 0 aromatic heterocycles. The van der Waals surface area contributed by atoms with E-state index in [1.54, 1.807) is 0 Å². The van der Waals surface area contributed by atoms with Gasteiger partial charge in [0.05, 0.1) is 12.2 Å². The van der Waals surface area contributed by atoms with E-state index in [0.29, 0.717) is 12.8 Å². The lowest BCUT2D eigenvalue weighted by Crippen LogP contribution is -2.57. The Kier molecular flexibility index (Phi) is 10.5. The van der Waals surface area contributed by atoms with Crippen LogP contribution in [-0.2, 0) is 19.1 Å². The SMILES string of the molecule is CC[C@H](C)[C@H](NC(=O)[C@H](CC(C)C)NC(=O)[C@@H](N)COC(C)(C)C)C(N)=O. The summed E-state index contributed by atoms with van der Waals surface area (Å²) in [5.41, 5.74) is 10.9. The Bertz CT molecular complexity index is 502. The van der Waals surface area contributed by atoms with Gasteiger partial charge in [-0.2, -0.15) is 0 Å². The first-order chi connectivity index (χ1) is 12.3. The quantitative estimate of drug-likeness (QED) is 0.414. The zero-order valence-corrected chi connectivity index (χ0v) is 17.8. The van der Waals surface area contributed by atoms with E-state index in [9.17, 15) is 14.4 Å². The van der Waals surface area contributed by atoms with E-state index < -0.39 is 41.4 Å². The van der Waals surface area contributed by atoms with E-state index >= 15 is 0 Å². The number of carbonyl (C=O) groups excluding carboxylic acids is 3. The smallest absolute Gasteiger partial charge is 0.243 e. The first kappa shape index (κ1) is 25.3. The minimum Gasteiger partial charge on any atom is -0.374 e. The second kappa shape index (κ2) is 11.2. The summed E-state index contributed by atoms with van der Waals surface area (Å²) in [6, 6.07) is -2.48. The molecule has 0 saturated carbocycles. The van der Waals surface area contributed by atoms with Crippen molar-refractivity contribution in [1.29, 1.82) is 0 Å². The maximum Gasteiger partial charge on any atom is 0.243 e. The number of nitrogens with two attached hydrogens (primary N) is 2. The average Bonchev–Trinajstić information content (AvgIpc) is 2.54. The highest BCUT2D eigenvalue weighted by molar-refractivity contribution is 5.92. The minimum atomic E-state index is -0.895. The van der Waals surface area contributed by atoms with Gasteiger partial charge >= 0.3 is 0 Å². The fraction of sp³-hybridized carbons (Fsp3) is 0.842. The maximum absolute atomic E-state index is 12.7. The largest absolute Gasteiger partial charge is 0.374 e. The van der Waals surface area contributed by atoms with Crippen molar-refractivity contribution in [1.82, 2.24) is 10.6 Å². The number of rotatable bonds is 11. The van der Waals surface area contributed by atoms with Gasteiger partial charge in [0.25, 0.3) is 0 Å². The van der Waals surface area contributed by atoms with Crippen molar-refractivity contribution in [2.45, 2.75) is 85.0 Å². The Balaban J connectivity index is 5.07. The highest BCUT2D eigenvalue weighted by Gasteiger charge is 2.30. The third kappa shape index (κ3) is 10.3. The van der Waals surface area contributed by atoms with Gasteiger partial charge in [-0.3, -0.25) is 14.4 Å². The molecule has 0 aliphatic carbocycles. The van der Waals surface area contributed by atoms with E-state index in [2.05, 4.69) is 10.6 Å². The Morgan fingerprint density at radius 3 is 2.00 bits per heavy atom. The van der Waals surface area contributed by atoms with Crippen LogP contribution in [0.1, 0.15) is 61.3 Å². The molecule has 3 amide bonds. The topological polar surface area (TPSA) is 137 Å². The van der Waals surface area contributed by atoms with Gasteiger partial charge in [-0.1, -0.05) is 34.1 Å². The molecule has 0 aliphatic heterocycles. The lowest BCUT2D eigenvalue weighted by Gasteiger charge is -2.27. The van der Waals surface area contributed by atoms with Crippen molar-refractivity contribution in [2.24, 2.45) is 23.3 Å². The molecule has 0 aromatic carbocycles. The molecule has 0 aliphatic rings. The van der Waals surface area contributed by atoms with Gasteiger partial charge in [-0.05, 0) is 39.0 Å². The van der Waals surface area contributed by atoms with Crippen LogP contribution in [0, 0.1) is 11.8 Å². The fourth-order valence-electron chi connectivity index (χ4n) is 2.38. The lowest BCUT2D eigenvalue weighted by atomic mass is 9.97. The molecule has 0 spiro atoms. The van der Waals surface area contributed by atoms with Crippen LogP contribution >= 0.6 is 0 Å². The van der Waals surface area contributed by atoms with Crippen molar-refractivity contribution < 1.29 is 19.1 Å². The van der Waals surface area contributed by atoms with E-state index in [1.165, 1.54) is 0 Å². The van der Waals surface area contributed by atoms with Crippen LogP contribution in [0.3, 0.4) is 0 Å². The van der Waals surface area contributed by atoms with Crippen LogP contribution in [0.25, 0.3) is 0 Å². The molecule has 0 unspecified atom stereocenters. The first-order valence-electron chi connectivity index (χ1n) is 9.58. The monoisotopic (exact) mass is 386 g/mol. The van der Waals surface area contributed by atoms with Gasteiger partial charge in [-0.25, -0.2) is 0 Å². The van der Waals surface area contributed by atoms with Crippen LogP contribution in [0.4, 0.5) is 0 Å². The molecule has 0 rings (SSSR count). The molecule has 27 heavy (non-hydrogen) atoms. The van der Waals surface area contributed by atoms with Crippen LogP contribution < -0.4 is 22.1 Å². The molecule has 8 heteroatoms. The third-order valence-corrected chi connectivity index (χ3v) is 4.19.